The summed E-state index contributed by atoms with van der Waals surface area (Å²) < 4.78 is 46.6. The number of carboxylic acid groups (broad SMARTS) is 1. The predicted molar refractivity (Wildman–Crippen MR) is 48.8 cm³/mol. The first-order valence-electron chi connectivity index (χ1n) is 3.96. The second-order valence-electron chi connectivity index (χ2n) is 2.95. The molecule has 0 amide bonds. The monoisotopic (exact) mass is 254 g/mol. The lowest BCUT2D eigenvalue weighted by molar-refractivity contribution is 0.0676. The molecule has 1 heterocycles. The Balaban J connectivity index is 3.26. The number of halogens is 2. The van der Waals surface area contributed by atoms with Crippen molar-refractivity contribution in [1.82, 2.24) is 4.57 Å². The van der Waals surface area contributed by atoms with Crippen LogP contribution in [-0.2, 0) is 16.6 Å². The molecule has 0 bridgehead atoms. The van der Waals surface area contributed by atoms with Crippen molar-refractivity contribution >= 4 is 16.0 Å². The third-order valence-corrected chi connectivity index (χ3v) is 2.63. The number of carbonyl (C=O) groups is 1. The molecule has 6 nitrogen and oxygen atoms in total. The van der Waals surface area contributed by atoms with E-state index < -0.39 is 39.6 Å². The highest BCUT2D eigenvalue weighted by molar-refractivity contribution is 7.89. The van der Waals surface area contributed by atoms with Crippen LogP contribution in [-0.4, -0.2) is 30.5 Å². The highest BCUT2D eigenvalue weighted by atomic mass is 32.2. The maximum Gasteiger partial charge on any atom is 0.352 e. The molecule has 0 saturated carbocycles. The zero-order valence-corrected chi connectivity index (χ0v) is 8.62. The molecule has 0 aliphatic carbocycles. The van der Waals surface area contributed by atoms with Crippen LogP contribution in [0.2, 0.25) is 0 Å². The van der Waals surface area contributed by atoms with Crippen molar-refractivity contribution in [2.24, 2.45) is 5.14 Å². The van der Waals surface area contributed by atoms with Gasteiger partial charge in [0.1, 0.15) is 10.6 Å². The number of nitrogens with zero attached hydrogens (tertiary/aromatic N) is 1. The van der Waals surface area contributed by atoms with Crippen LogP contribution in [0.5, 0.6) is 0 Å². The van der Waals surface area contributed by atoms with Crippen molar-refractivity contribution in [3.63, 3.8) is 0 Å². The summed E-state index contributed by atoms with van der Waals surface area (Å²) in [6.07, 6.45) is -2.02. The summed E-state index contributed by atoms with van der Waals surface area (Å²) in [5.41, 5.74) is -0.552. The van der Waals surface area contributed by atoms with Gasteiger partial charge < -0.3 is 9.67 Å². The second-order valence-corrected chi connectivity index (χ2v) is 4.52. The Hall–Kier alpha value is -1.48. The van der Waals surface area contributed by atoms with Crippen molar-refractivity contribution < 1.29 is 27.1 Å². The Morgan fingerprint density at radius 3 is 2.50 bits per heavy atom. The Bertz CT molecular complexity index is 508. The van der Waals surface area contributed by atoms with Gasteiger partial charge in [-0.3, -0.25) is 0 Å². The summed E-state index contributed by atoms with van der Waals surface area (Å²) in [7, 11) is -4.10. The third kappa shape index (κ3) is 2.76. The quantitative estimate of drug-likeness (QED) is 0.795. The highest BCUT2D eigenvalue weighted by Crippen LogP contribution is 2.14. The van der Waals surface area contributed by atoms with Crippen molar-refractivity contribution in [3.8, 4) is 0 Å². The fourth-order valence-electron chi connectivity index (χ4n) is 1.12. The van der Waals surface area contributed by atoms with Crippen molar-refractivity contribution in [1.29, 1.82) is 0 Å². The molecule has 1 aromatic heterocycles. The van der Waals surface area contributed by atoms with Gasteiger partial charge in [-0.2, -0.15) is 0 Å². The number of sulfonamides is 1. The maximum atomic E-state index is 12.1. The van der Waals surface area contributed by atoms with Gasteiger partial charge in [0.15, 0.2) is 0 Å². The topological polar surface area (TPSA) is 102 Å². The minimum Gasteiger partial charge on any atom is -0.477 e. The standard InChI is InChI=1S/C7H8F2N2O4S/c8-6(9)3-11-2-4(16(10,14)15)1-5(11)7(12)13/h1-2,6H,3H2,(H,12,13)(H2,10,14,15). The fraction of sp³-hybridized carbons (Fsp3) is 0.286. The maximum absolute atomic E-state index is 12.1. The summed E-state index contributed by atoms with van der Waals surface area (Å²) in [6.45, 7) is -0.906. The van der Waals surface area contributed by atoms with E-state index in [2.05, 4.69) is 0 Å². The van der Waals surface area contributed by atoms with Crippen LogP contribution < -0.4 is 5.14 Å². The first kappa shape index (κ1) is 12.6. The molecule has 0 aliphatic heterocycles. The van der Waals surface area contributed by atoms with Gasteiger partial charge in [0.25, 0.3) is 6.43 Å². The molecule has 1 rings (SSSR count). The molecule has 16 heavy (non-hydrogen) atoms. The smallest absolute Gasteiger partial charge is 0.352 e. The Morgan fingerprint density at radius 1 is 1.56 bits per heavy atom. The summed E-state index contributed by atoms with van der Waals surface area (Å²) in [5, 5.41) is 13.4. The van der Waals surface area contributed by atoms with E-state index in [-0.39, 0.29) is 0 Å². The molecule has 0 saturated heterocycles. The molecule has 0 aliphatic rings. The van der Waals surface area contributed by atoms with Gasteiger partial charge in [0.2, 0.25) is 10.0 Å². The van der Waals surface area contributed by atoms with Crippen LogP contribution in [0.4, 0.5) is 8.78 Å². The van der Waals surface area contributed by atoms with E-state index >= 15 is 0 Å². The van der Waals surface area contributed by atoms with E-state index in [1.165, 1.54) is 0 Å². The molecular formula is C7H8F2N2O4S. The van der Waals surface area contributed by atoms with Gasteiger partial charge in [-0.05, 0) is 6.07 Å². The molecule has 0 aromatic carbocycles. The van der Waals surface area contributed by atoms with Gasteiger partial charge in [-0.25, -0.2) is 27.1 Å². The molecule has 0 fully saturated rings. The van der Waals surface area contributed by atoms with Gasteiger partial charge >= 0.3 is 5.97 Å². The molecular weight excluding hydrogens is 246 g/mol. The lowest BCUT2D eigenvalue weighted by Crippen LogP contribution is -2.12. The van der Waals surface area contributed by atoms with E-state index in [1.807, 2.05) is 0 Å². The first-order valence-corrected chi connectivity index (χ1v) is 5.51. The molecule has 1 aromatic rings. The van der Waals surface area contributed by atoms with E-state index in [0.29, 0.717) is 4.57 Å². The van der Waals surface area contributed by atoms with Crippen LogP contribution in [0.1, 0.15) is 10.5 Å². The van der Waals surface area contributed by atoms with Crippen LogP contribution >= 0.6 is 0 Å². The number of nitrogens with two attached hydrogens (primary N) is 1. The van der Waals surface area contributed by atoms with Gasteiger partial charge in [0.05, 0.1) is 6.54 Å². The summed E-state index contributed by atoms with van der Waals surface area (Å²) in [6, 6.07) is 0.736. The van der Waals surface area contributed by atoms with Gasteiger partial charge in [-0.1, -0.05) is 0 Å². The molecule has 9 heteroatoms. The number of hydrogen-bond donors (Lipinski definition) is 2. The second kappa shape index (κ2) is 4.18. The van der Waals surface area contributed by atoms with Crippen LogP contribution in [0, 0.1) is 0 Å². The molecule has 0 atom stereocenters. The average Bonchev–Trinajstić information content (AvgIpc) is 2.45. The van der Waals surface area contributed by atoms with E-state index in [1.54, 1.807) is 0 Å². The number of alkyl halides is 2. The first-order chi connectivity index (χ1) is 7.21. The zero-order valence-electron chi connectivity index (χ0n) is 7.80. The number of hydrogen-bond acceptors (Lipinski definition) is 3. The SMILES string of the molecule is NS(=O)(=O)c1cc(C(=O)O)n(CC(F)F)c1. The van der Waals surface area contributed by atoms with Gasteiger partial charge in [0, 0.05) is 6.20 Å². The number of rotatable bonds is 4. The normalized spacial score (nSPS) is 12.0. The lowest BCUT2D eigenvalue weighted by atomic mass is 10.4. The molecule has 90 valence electrons. The summed E-state index contributed by atoms with van der Waals surface area (Å²) in [5.74, 6) is -1.50. The van der Waals surface area contributed by atoms with Crippen LogP contribution in [0.25, 0.3) is 0 Å². The summed E-state index contributed by atoms with van der Waals surface area (Å²) >= 11 is 0. The van der Waals surface area contributed by atoms with Crippen molar-refractivity contribution in [3.05, 3.63) is 18.0 Å². The highest BCUT2D eigenvalue weighted by Gasteiger charge is 2.20. The number of aromatic carboxylic acids is 1. The van der Waals surface area contributed by atoms with E-state index in [9.17, 15) is 22.0 Å². The molecule has 3 N–H and O–H groups in total. The van der Waals surface area contributed by atoms with Crippen LogP contribution in [0.15, 0.2) is 17.2 Å². The van der Waals surface area contributed by atoms with Crippen molar-refractivity contribution in [2.45, 2.75) is 17.9 Å². The average molecular weight is 254 g/mol. The summed E-state index contributed by atoms with van der Waals surface area (Å²) in [4.78, 5) is 10.1. The molecule has 0 spiro atoms. The van der Waals surface area contributed by atoms with Gasteiger partial charge in [-0.15, -0.1) is 0 Å². The fourth-order valence-corrected chi connectivity index (χ4v) is 1.67. The Labute approximate surface area is 89.3 Å². The largest absolute Gasteiger partial charge is 0.477 e. The zero-order chi connectivity index (χ0) is 12.5. The number of aromatic nitrogens is 1. The minimum atomic E-state index is -4.10. The molecule has 0 unspecified atom stereocenters. The Kier molecular flexibility index (Phi) is 3.29. The van der Waals surface area contributed by atoms with Crippen molar-refractivity contribution in [2.75, 3.05) is 0 Å². The van der Waals surface area contributed by atoms with E-state index in [4.69, 9.17) is 10.2 Å². The minimum absolute atomic E-state index is 0.509. The Morgan fingerprint density at radius 2 is 2.12 bits per heavy atom. The molecule has 0 radical (unpaired) electrons. The third-order valence-electron chi connectivity index (χ3n) is 1.75. The van der Waals surface area contributed by atoms with Crippen LogP contribution in [0.3, 0.4) is 0 Å². The number of primary sulfonamides is 1. The van der Waals surface area contributed by atoms with E-state index in [0.717, 1.165) is 12.3 Å². The predicted octanol–water partition coefficient (Wildman–Crippen LogP) is 0.0988. The lowest BCUT2D eigenvalue weighted by Gasteiger charge is -2.03. The number of carboxylic acids is 1.